The van der Waals surface area contributed by atoms with Gasteiger partial charge in [0, 0.05) is 0 Å². The van der Waals surface area contributed by atoms with Crippen molar-refractivity contribution in [2.75, 3.05) is 0 Å². The van der Waals surface area contributed by atoms with Gasteiger partial charge in [-0.2, -0.15) is 0 Å². The molecule has 3 heteroatoms. The Balaban J connectivity index is 1.14. The van der Waals surface area contributed by atoms with Gasteiger partial charge in [0.05, 0.1) is 16.6 Å². The molecule has 0 aromatic heterocycles. The molecule has 0 heterocycles. The minimum absolute atomic E-state index is 0.334. The van der Waals surface area contributed by atoms with Gasteiger partial charge in [-0.15, -0.1) is 0 Å². The number of benzene rings is 6. The van der Waals surface area contributed by atoms with Crippen molar-refractivity contribution in [1.82, 2.24) is 0 Å². The monoisotopic (exact) mass is 595 g/mol. The number of aliphatic hydroxyl groups is 1. The van der Waals surface area contributed by atoms with E-state index < -0.39 is 11.2 Å². The maximum absolute atomic E-state index is 10.4. The van der Waals surface area contributed by atoms with Crippen LogP contribution in [0.1, 0.15) is 49.9 Å². The minimum atomic E-state index is -0.958. The molecule has 223 valence electrons. The fourth-order valence-electron chi connectivity index (χ4n) is 7.24. The highest BCUT2D eigenvalue weighted by molar-refractivity contribution is 6.47. The summed E-state index contributed by atoms with van der Waals surface area (Å²) in [6, 6.07) is 51.1. The second-order valence-corrected chi connectivity index (χ2v) is 13.7. The predicted octanol–water partition coefficient (Wildman–Crippen LogP) is 9.17. The Kier molecular flexibility index (Phi) is 6.51. The van der Waals surface area contributed by atoms with E-state index >= 15 is 0 Å². The van der Waals surface area contributed by atoms with Crippen molar-refractivity contribution in [3.05, 3.63) is 162 Å². The Morgan fingerprint density at radius 1 is 0.478 bits per heavy atom. The molecule has 2 aliphatic rings. The zero-order valence-corrected chi connectivity index (χ0v) is 26.7. The van der Waals surface area contributed by atoms with Gasteiger partial charge in [-0.1, -0.05) is 139 Å². The highest BCUT2D eigenvalue weighted by atomic mass is 16.5. The summed E-state index contributed by atoms with van der Waals surface area (Å²) in [5.41, 5.74) is 14.4. The molecule has 1 N–H and O–H groups in total. The number of hydrogen-bond acceptors (Lipinski definition) is 2. The molecule has 0 atom stereocenters. The molecule has 0 saturated carbocycles. The van der Waals surface area contributed by atoms with Crippen LogP contribution in [0.5, 0.6) is 0 Å². The van der Waals surface area contributed by atoms with Crippen molar-refractivity contribution < 1.29 is 9.76 Å². The van der Waals surface area contributed by atoms with Gasteiger partial charge in [0.15, 0.2) is 0 Å². The van der Waals surface area contributed by atoms with Gasteiger partial charge >= 0.3 is 7.48 Å². The van der Waals surface area contributed by atoms with E-state index in [-0.39, 0.29) is 5.41 Å². The van der Waals surface area contributed by atoms with Gasteiger partial charge in [0.2, 0.25) is 0 Å². The lowest BCUT2D eigenvalue weighted by atomic mass is 9.70. The standard InChI is InChI=1S/C43H36BO2/c1-41(2,45)42(3,4)46-44-32-24-21-29(22-25-32)28-17-19-30(20-18-28)31-23-26-36-35-13-7-10-16-39(35)43(40(36)27-31)37-14-8-5-11-33(37)34-12-6-9-15-38(34)43/h5-27,45H,1-4H3. The van der Waals surface area contributed by atoms with E-state index in [2.05, 4.69) is 140 Å². The van der Waals surface area contributed by atoms with Crippen LogP contribution in [0.3, 0.4) is 0 Å². The number of fused-ring (bicyclic) bond motifs is 10. The summed E-state index contributed by atoms with van der Waals surface area (Å²) in [6.07, 6.45) is 0. The lowest BCUT2D eigenvalue weighted by Gasteiger charge is -2.37. The van der Waals surface area contributed by atoms with Crippen LogP contribution in [-0.2, 0) is 10.1 Å². The molecule has 8 rings (SSSR count). The minimum Gasteiger partial charge on any atom is -0.427 e. The van der Waals surface area contributed by atoms with Crippen LogP contribution in [-0.4, -0.2) is 23.8 Å². The van der Waals surface area contributed by atoms with Crippen molar-refractivity contribution in [1.29, 1.82) is 0 Å². The van der Waals surface area contributed by atoms with Crippen LogP contribution < -0.4 is 5.46 Å². The first-order valence-electron chi connectivity index (χ1n) is 16.1. The average Bonchev–Trinajstić information content (AvgIpc) is 3.54. The van der Waals surface area contributed by atoms with Gasteiger partial charge in [-0.25, -0.2) is 0 Å². The van der Waals surface area contributed by atoms with Crippen LogP contribution in [0.25, 0.3) is 44.5 Å². The first-order chi connectivity index (χ1) is 22.2. The van der Waals surface area contributed by atoms with Crippen molar-refractivity contribution in [3.63, 3.8) is 0 Å². The first kappa shape index (κ1) is 28.8. The van der Waals surface area contributed by atoms with E-state index in [1.165, 1.54) is 55.6 Å². The largest absolute Gasteiger partial charge is 0.427 e. The summed E-state index contributed by atoms with van der Waals surface area (Å²) in [5.74, 6) is 0. The molecule has 2 aliphatic carbocycles. The molecule has 1 radical (unpaired) electrons. The summed E-state index contributed by atoms with van der Waals surface area (Å²) in [5, 5.41) is 10.4. The number of hydrogen-bond donors (Lipinski definition) is 1. The third-order valence-electron chi connectivity index (χ3n) is 10.4. The zero-order chi connectivity index (χ0) is 31.7. The molecular formula is C43H36BO2. The van der Waals surface area contributed by atoms with Crippen molar-refractivity contribution in [2.45, 2.75) is 44.3 Å². The summed E-state index contributed by atoms with van der Waals surface area (Å²) >= 11 is 0. The maximum Gasteiger partial charge on any atom is 0.330 e. The fraction of sp³-hybridized carbons (Fsp3) is 0.163. The van der Waals surface area contributed by atoms with E-state index in [1.807, 2.05) is 13.8 Å². The third-order valence-corrected chi connectivity index (χ3v) is 10.4. The zero-order valence-electron chi connectivity index (χ0n) is 26.7. The molecule has 0 amide bonds. The van der Waals surface area contributed by atoms with Crippen LogP contribution in [0.4, 0.5) is 0 Å². The lowest BCUT2D eigenvalue weighted by Crippen LogP contribution is -2.49. The molecule has 1 spiro atoms. The SMILES string of the molecule is CC(C)(O)C(C)(C)O[B]c1ccc(-c2ccc(-c3ccc4c(c3)C3(c5ccccc5-c5ccccc53)c3ccccc3-4)cc2)cc1. The van der Waals surface area contributed by atoms with E-state index in [0.717, 1.165) is 16.6 Å². The van der Waals surface area contributed by atoms with Crippen LogP contribution in [0.15, 0.2) is 140 Å². The average molecular weight is 596 g/mol. The Hall–Kier alpha value is -4.70. The molecule has 0 bridgehead atoms. The number of rotatable bonds is 6. The molecule has 0 unspecified atom stereocenters. The van der Waals surface area contributed by atoms with Crippen molar-refractivity contribution >= 4 is 12.9 Å². The third kappa shape index (κ3) is 4.26. The van der Waals surface area contributed by atoms with E-state index in [9.17, 15) is 5.11 Å². The Morgan fingerprint density at radius 2 is 0.870 bits per heavy atom. The second-order valence-electron chi connectivity index (χ2n) is 13.7. The molecule has 46 heavy (non-hydrogen) atoms. The maximum atomic E-state index is 10.4. The molecule has 2 nitrogen and oxygen atoms in total. The summed E-state index contributed by atoms with van der Waals surface area (Å²) in [7, 11) is 1.73. The normalized spacial score (nSPS) is 14.0. The van der Waals surface area contributed by atoms with Crippen LogP contribution >= 0.6 is 0 Å². The van der Waals surface area contributed by atoms with E-state index in [0.29, 0.717) is 0 Å². The summed E-state index contributed by atoms with van der Waals surface area (Å²) in [4.78, 5) is 0. The molecule has 0 aliphatic heterocycles. The van der Waals surface area contributed by atoms with Crippen LogP contribution in [0, 0.1) is 0 Å². The molecule has 0 saturated heterocycles. The van der Waals surface area contributed by atoms with E-state index in [4.69, 9.17) is 4.65 Å². The molecule has 6 aromatic carbocycles. The highest BCUT2D eigenvalue weighted by Gasteiger charge is 2.51. The van der Waals surface area contributed by atoms with E-state index in [1.54, 1.807) is 21.3 Å². The Morgan fingerprint density at radius 3 is 1.35 bits per heavy atom. The Bertz CT molecular complexity index is 2040. The smallest absolute Gasteiger partial charge is 0.330 e. The summed E-state index contributed by atoms with van der Waals surface area (Å²) < 4.78 is 5.94. The predicted molar refractivity (Wildman–Crippen MR) is 190 cm³/mol. The van der Waals surface area contributed by atoms with Gasteiger partial charge in [-0.3, -0.25) is 0 Å². The Labute approximate surface area is 272 Å². The lowest BCUT2D eigenvalue weighted by molar-refractivity contribution is -0.0893. The molecule has 0 fully saturated rings. The van der Waals surface area contributed by atoms with Gasteiger partial charge in [-0.05, 0) is 101 Å². The first-order valence-corrected chi connectivity index (χ1v) is 16.1. The van der Waals surface area contributed by atoms with Crippen LogP contribution in [0.2, 0.25) is 0 Å². The fourth-order valence-corrected chi connectivity index (χ4v) is 7.24. The van der Waals surface area contributed by atoms with Crippen molar-refractivity contribution in [2.24, 2.45) is 0 Å². The van der Waals surface area contributed by atoms with Gasteiger partial charge < -0.3 is 9.76 Å². The highest BCUT2D eigenvalue weighted by Crippen LogP contribution is 2.62. The molecular weight excluding hydrogens is 559 g/mol. The van der Waals surface area contributed by atoms with Gasteiger partial charge in [0.1, 0.15) is 0 Å². The molecule has 6 aromatic rings. The second kappa shape index (κ2) is 10.4. The summed E-state index contributed by atoms with van der Waals surface area (Å²) in [6.45, 7) is 7.32. The van der Waals surface area contributed by atoms with Crippen molar-refractivity contribution in [3.8, 4) is 44.5 Å². The van der Waals surface area contributed by atoms with Gasteiger partial charge in [0.25, 0.3) is 0 Å². The quantitative estimate of drug-likeness (QED) is 0.194. The topological polar surface area (TPSA) is 29.5 Å².